The van der Waals surface area contributed by atoms with Crippen molar-refractivity contribution in [3.8, 4) is 0 Å². The fourth-order valence-corrected chi connectivity index (χ4v) is 5.62. The first kappa shape index (κ1) is 17.5. The molecule has 1 saturated heterocycles. The Hall–Kier alpha value is -2.60. The number of anilines is 2. The van der Waals surface area contributed by atoms with Gasteiger partial charge >= 0.3 is 0 Å². The van der Waals surface area contributed by atoms with Gasteiger partial charge in [0.05, 0.1) is 23.2 Å². The highest BCUT2D eigenvalue weighted by Crippen LogP contribution is 2.48. The predicted molar refractivity (Wildman–Crippen MR) is 106 cm³/mol. The van der Waals surface area contributed by atoms with Crippen LogP contribution < -0.4 is 4.90 Å². The van der Waals surface area contributed by atoms with Crippen molar-refractivity contribution in [3.63, 3.8) is 0 Å². The quantitative estimate of drug-likeness (QED) is 0.725. The lowest BCUT2D eigenvalue weighted by Crippen LogP contribution is -2.42. The molecule has 2 aliphatic heterocycles. The number of nitrogens with zero attached hydrogens (tertiary/aromatic N) is 2. The van der Waals surface area contributed by atoms with Gasteiger partial charge in [0.15, 0.2) is 0 Å². The Labute approximate surface area is 167 Å². The lowest BCUT2D eigenvalue weighted by molar-refractivity contribution is -0.143. The summed E-state index contributed by atoms with van der Waals surface area (Å²) in [6, 6.07) is 15.5. The van der Waals surface area contributed by atoms with Crippen LogP contribution in [0.15, 0.2) is 58.3 Å². The molecule has 0 spiro atoms. The number of hydrogen-bond acceptors (Lipinski definition) is 4. The van der Waals surface area contributed by atoms with Crippen LogP contribution in [0.3, 0.4) is 0 Å². The molecule has 28 heavy (non-hydrogen) atoms. The Morgan fingerprint density at radius 1 is 0.857 bits per heavy atom. The molecule has 0 N–H and O–H groups in total. The van der Waals surface area contributed by atoms with Crippen molar-refractivity contribution in [1.82, 2.24) is 4.90 Å². The minimum absolute atomic E-state index is 0.170. The molecule has 2 heterocycles. The molecule has 142 valence electrons. The first-order valence-electron chi connectivity index (χ1n) is 9.69. The standard InChI is InChI=1S/C22H20N2O3S/c25-20(13-23-21(26)14-7-1-2-8-15(14)22(23)27)24-16-9-3-5-11-18(16)28-19-12-6-4-10-17(19)24/h3-6,9-12,14-15H,1-2,7-8,13H2. The van der Waals surface area contributed by atoms with Crippen molar-refractivity contribution in [1.29, 1.82) is 0 Å². The van der Waals surface area contributed by atoms with E-state index in [2.05, 4.69) is 0 Å². The van der Waals surface area contributed by atoms with E-state index >= 15 is 0 Å². The summed E-state index contributed by atoms with van der Waals surface area (Å²) in [5, 5.41) is 0. The smallest absolute Gasteiger partial charge is 0.251 e. The van der Waals surface area contributed by atoms with Crippen LogP contribution >= 0.6 is 11.8 Å². The number of carbonyl (C=O) groups excluding carboxylic acids is 3. The summed E-state index contributed by atoms with van der Waals surface area (Å²) >= 11 is 1.62. The highest BCUT2D eigenvalue weighted by molar-refractivity contribution is 7.99. The van der Waals surface area contributed by atoms with Crippen LogP contribution in [-0.2, 0) is 14.4 Å². The third-order valence-corrected chi connectivity index (χ3v) is 7.04. The van der Waals surface area contributed by atoms with E-state index in [1.165, 1.54) is 4.90 Å². The molecule has 3 aliphatic rings. The molecule has 5 rings (SSSR count). The van der Waals surface area contributed by atoms with E-state index in [1.54, 1.807) is 16.7 Å². The van der Waals surface area contributed by atoms with E-state index in [4.69, 9.17) is 0 Å². The maximum Gasteiger partial charge on any atom is 0.251 e. The Kier molecular flexibility index (Phi) is 4.23. The van der Waals surface area contributed by atoms with E-state index in [0.717, 1.165) is 46.8 Å². The van der Waals surface area contributed by atoms with Crippen LogP contribution in [-0.4, -0.2) is 29.2 Å². The highest BCUT2D eigenvalue weighted by Gasteiger charge is 2.49. The molecular weight excluding hydrogens is 372 g/mol. The first-order chi connectivity index (χ1) is 13.6. The van der Waals surface area contributed by atoms with Gasteiger partial charge in [-0.1, -0.05) is 48.9 Å². The Bertz CT molecular complexity index is 920. The van der Waals surface area contributed by atoms with Crippen LogP contribution in [0.2, 0.25) is 0 Å². The molecule has 0 bridgehead atoms. The van der Waals surface area contributed by atoms with Crippen molar-refractivity contribution >= 4 is 40.9 Å². The number of likely N-dealkylation sites (tertiary alicyclic amines) is 1. The van der Waals surface area contributed by atoms with E-state index < -0.39 is 0 Å². The van der Waals surface area contributed by atoms with Gasteiger partial charge < -0.3 is 0 Å². The molecule has 2 unspecified atom stereocenters. The second kappa shape index (κ2) is 6.78. The van der Waals surface area contributed by atoms with Gasteiger partial charge in [0.25, 0.3) is 5.91 Å². The lowest BCUT2D eigenvalue weighted by atomic mass is 9.81. The van der Waals surface area contributed by atoms with Gasteiger partial charge in [0.1, 0.15) is 6.54 Å². The van der Waals surface area contributed by atoms with Crippen molar-refractivity contribution in [2.75, 3.05) is 11.4 Å². The minimum atomic E-state index is -0.249. The van der Waals surface area contributed by atoms with Crippen LogP contribution in [0.5, 0.6) is 0 Å². The maximum atomic E-state index is 13.3. The normalized spacial score (nSPS) is 23.3. The van der Waals surface area contributed by atoms with Gasteiger partial charge in [-0.2, -0.15) is 0 Å². The fourth-order valence-electron chi connectivity index (χ4n) is 4.57. The van der Waals surface area contributed by atoms with E-state index in [-0.39, 0.29) is 36.1 Å². The monoisotopic (exact) mass is 392 g/mol. The first-order valence-corrected chi connectivity index (χ1v) is 10.5. The Morgan fingerprint density at radius 3 is 1.89 bits per heavy atom. The number of hydrogen-bond donors (Lipinski definition) is 0. The van der Waals surface area contributed by atoms with Gasteiger partial charge in [-0.05, 0) is 37.1 Å². The van der Waals surface area contributed by atoms with Gasteiger partial charge in [0.2, 0.25) is 11.8 Å². The van der Waals surface area contributed by atoms with Gasteiger partial charge in [-0.25, -0.2) is 0 Å². The van der Waals surface area contributed by atoms with Gasteiger partial charge in [-0.3, -0.25) is 24.2 Å². The number of amides is 3. The summed E-state index contributed by atoms with van der Waals surface area (Å²) in [5.74, 6) is -1.05. The topological polar surface area (TPSA) is 57.7 Å². The summed E-state index contributed by atoms with van der Waals surface area (Å²) in [7, 11) is 0. The van der Waals surface area contributed by atoms with Gasteiger partial charge in [0, 0.05) is 9.79 Å². The Morgan fingerprint density at radius 2 is 1.36 bits per heavy atom. The predicted octanol–water partition coefficient (Wildman–Crippen LogP) is 3.99. The summed E-state index contributed by atoms with van der Waals surface area (Å²) in [6.07, 6.45) is 3.47. The zero-order chi connectivity index (χ0) is 19.3. The highest BCUT2D eigenvalue weighted by atomic mass is 32.2. The molecule has 2 fully saturated rings. The second-order valence-electron chi connectivity index (χ2n) is 7.53. The molecule has 1 aliphatic carbocycles. The molecule has 2 aromatic carbocycles. The third kappa shape index (κ3) is 2.66. The molecule has 6 heteroatoms. The van der Waals surface area contributed by atoms with Crippen molar-refractivity contribution < 1.29 is 14.4 Å². The summed E-state index contributed by atoms with van der Waals surface area (Å²) < 4.78 is 0. The molecule has 0 radical (unpaired) electrons. The lowest BCUT2D eigenvalue weighted by Gasteiger charge is -2.32. The molecule has 2 atom stereocenters. The van der Waals surface area contributed by atoms with Crippen molar-refractivity contribution in [2.45, 2.75) is 35.5 Å². The zero-order valence-electron chi connectivity index (χ0n) is 15.3. The maximum absolute atomic E-state index is 13.3. The Balaban J connectivity index is 1.48. The third-order valence-electron chi connectivity index (χ3n) is 5.91. The molecule has 5 nitrogen and oxygen atoms in total. The van der Waals surface area contributed by atoms with Crippen LogP contribution in [0.1, 0.15) is 25.7 Å². The van der Waals surface area contributed by atoms with Crippen LogP contribution in [0, 0.1) is 11.8 Å². The fraction of sp³-hybridized carbons (Fsp3) is 0.318. The van der Waals surface area contributed by atoms with Crippen LogP contribution in [0.25, 0.3) is 0 Å². The average molecular weight is 392 g/mol. The molecule has 1 saturated carbocycles. The molecule has 0 aromatic heterocycles. The molecule has 3 amide bonds. The second-order valence-corrected chi connectivity index (χ2v) is 8.61. The SMILES string of the molecule is O=C1C2CCCCC2C(=O)N1CC(=O)N1c2ccccc2Sc2ccccc21. The minimum Gasteiger partial charge on any atom is -0.277 e. The number of imide groups is 1. The zero-order valence-corrected chi connectivity index (χ0v) is 16.2. The van der Waals surface area contributed by atoms with E-state index in [0.29, 0.717) is 0 Å². The largest absolute Gasteiger partial charge is 0.277 e. The molecular formula is C22H20N2O3S. The summed E-state index contributed by atoms with van der Waals surface area (Å²) in [4.78, 5) is 43.8. The summed E-state index contributed by atoms with van der Waals surface area (Å²) in [6.45, 7) is -0.196. The van der Waals surface area contributed by atoms with Crippen LogP contribution in [0.4, 0.5) is 11.4 Å². The van der Waals surface area contributed by atoms with Crippen molar-refractivity contribution in [3.05, 3.63) is 48.5 Å². The summed E-state index contributed by atoms with van der Waals surface area (Å²) in [5.41, 5.74) is 1.60. The number of benzene rings is 2. The average Bonchev–Trinajstić information content (AvgIpc) is 2.97. The number of rotatable bonds is 2. The molecule has 2 aromatic rings. The van der Waals surface area contributed by atoms with Crippen molar-refractivity contribution in [2.24, 2.45) is 11.8 Å². The number of carbonyl (C=O) groups is 3. The van der Waals surface area contributed by atoms with E-state index in [1.807, 2.05) is 48.5 Å². The van der Waals surface area contributed by atoms with E-state index in [9.17, 15) is 14.4 Å². The van der Waals surface area contributed by atoms with Gasteiger partial charge in [-0.15, -0.1) is 0 Å². The number of para-hydroxylation sites is 2. The number of fused-ring (bicyclic) bond motifs is 3.